The molecule has 0 aliphatic carbocycles. The van der Waals surface area contributed by atoms with Gasteiger partial charge in [0.05, 0.1) is 12.9 Å². The van der Waals surface area contributed by atoms with Crippen molar-refractivity contribution in [3.8, 4) is 12.1 Å². The summed E-state index contributed by atoms with van der Waals surface area (Å²) in [6, 6.07) is 3.81. The summed E-state index contributed by atoms with van der Waals surface area (Å²) in [6.07, 6.45) is 3.19. The monoisotopic (exact) mass is 213 g/mol. The second-order valence-corrected chi connectivity index (χ2v) is 3.18. The number of hydrogen-bond acceptors (Lipinski definition) is 5. The zero-order valence-electron chi connectivity index (χ0n) is 8.49. The summed E-state index contributed by atoms with van der Waals surface area (Å²) < 4.78 is 3.14. The molecule has 0 aliphatic heterocycles. The van der Waals surface area contributed by atoms with Gasteiger partial charge >= 0.3 is 0 Å². The Bertz CT molecular complexity index is 592. The highest BCUT2D eigenvalue weighted by Gasteiger charge is 2.11. The molecular formula is C9H7N7. The molecule has 7 heteroatoms. The second-order valence-electron chi connectivity index (χ2n) is 3.18. The molecule has 0 saturated heterocycles. The van der Waals surface area contributed by atoms with Crippen LogP contribution in [-0.2, 0) is 13.6 Å². The molecule has 2 rings (SSSR count). The van der Waals surface area contributed by atoms with Gasteiger partial charge in [-0.15, -0.1) is 5.10 Å². The largest absolute Gasteiger partial charge is 0.315 e. The van der Waals surface area contributed by atoms with E-state index in [1.165, 1.54) is 6.33 Å². The van der Waals surface area contributed by atoms with Gasteiger partial charge in [0.2, 0.25) is 0 Å². The molecule has 0 unspecified atom stereocenters. The highest BCUT2D eigenvalue weighted by Crippen LogP contribution is 2.07. The van der Waals surface area contributed by atoms with E-state index < -0.39 is 0 Å². The number of nitrogens with zero attached hydrogens (tertiary/aromatic N) is 7. The van der Waals surface area contributed by atoms with Crippen LogP contribution in [0.3, 0.4) is 0 Å². The van der Waals surface area contributed by atoms with E-state index in [0.717, 1.165) is 0 Å². The maximum absolute atomic E-state index is 8.90. The highest BCUT2D eigenvalue weighted by atomic mass is 15.4. The Morgan fingerprint density at radius 3 is 2.75 bits per heavy atom. The molecule has 0 radical (unpaired) electrons. The minimum Gasteiger partial charge on any atom is -0.315 e. The van der Waals surface area contributed by atoms with E-state index >= 15 is 0 Å². The number of nitriles is 2. The summed E-state index contributed by atoms with van der Waals surface area (Å²) in [5, 5.41) is 25.3. The van der Waals surface area contributed by atoms with Gasteiger partial charge in [0, 0.05) is 13.2 Å². The number of aromatic nitrogens is 5. The summed E-state index contributed by atoms with van der Waals surface area (Å²) in [5.74, 6) is 0. The van der Waals surface area contributed by atoms with Crippen molar-refractivity contribution in [3.63, 3.8) is 0 Å². The fraction of sp³-hybridized carbons (Fsp3) is 0.222. The van der Waals surface area contributed by atoms with Gasteiger partial charge in [-0.3, -0.25) is 4.68 Å². The lowest BCUT2D eigenvalue weighted by Crippen LogP contribution is -2.01. The summed E-state index contributed by atoms with van der Waals surface area (Å²) in [5.41, 5.74) is 1.08. The van der Waals surface area contributed by atoms with Crippen LogP contribution in [0.15, 0.2) is 12.5 Å². The lowest BCUT2D eigenvalue weighted by Gasteiger charge is -1.98. The Kier molecular flexibility index (Phi) is 2.36. The maximum Gasteiger partial charge on any atom is 0.176 e. The summed E-state index contributed by atoms with van der Waals surface area (Å²) in [7, 11) is 1.76. The van der Waals surface area contributed by atoms with Gasteiger partial charge in [-0.25, -0.2) is 4.98 Å². The Morgan fingerprint density at radius 1 is 1.38 bits per heavy atom. The van der Waals surface area contributed by atoms with Gasteiger partial charge in [0.15, 0.2) is 11.4 Å². The average Bonchev–Trinajstić information content (AvgIpc) is 2.85. The van der Waals surface area contributed by atoms with Crippen molar-refractivity contribution in [2.24, 2.45) is 7.05 Å². The van der Waals surface area contributed by atoms with Gasteiger partial charge in [-0.05, 0) is 0 Å². The van der Waals surface area contributed by atoms with E-state index in [1.807, 2.05) is 12.1 Å². The zero-order chi connectivity index (χ0) is 11.5. The fourth-order valence-corrected chi connectivity index (χ4v) is 1.34. The summed E-state index contributed by atoms with van der Waals surface area (Å²) in [6.45, 7) is 0.380. The van der Waals surface area contributed by atoms with Crippen LogP contribution in [0.4, 0.5) is 0 Å². The average molecular weight is 213 g/mol. The first-order valence-corrected chi connectivity index (χ1v) is 4.45. The van der Waals surface area contributed by atoms with Crippen LogP contribution in [0, 0.1) is 22.7 Å². The first kappa shape index (κ1) is 9.87. The third-order valence-corrected chi connectivity index (χ3v) is 2.03. The molecule has 16 heavy (non-hydrogen) atoms. The van der Waals surface area contributed by atoms with Gasteiger partial charge < -0.3 is 4.57 Å². The molecule has 0 atom stereocenters. The van der Waals surface area contributed by atoms with Gasteiger partial charge in [0.1, 0.15) is 17.8 Å². The topological polar surface area (TPSA) is 96.1 Å². The van der Waals surface area contributed by atoms with E-state index in [0.29, 0.717) is 12.2 Å². The molecule has 0 fully saturated rings. The Labute approximate surface area is 91.2 Å². The molecule has 0 bridgehead atoms. The van der Waals surface area contributed by atoms with Crippen molar-refractivity contribution in [2.75, 3.05) is 0 Å². The quantitative estimate of drug-likeness (QED) is 0.688. The van der Waals surface area contributed by atoms with Gasteiger partial charge in [0.25, 0.3) is 0 Å². The lowest BCUT2D eigenvalue weighted by molar-refractivity contribution is 0.708. The number of aryl methyl sites for hydroxylation is 1. The molecule has 0 aromatic carbocycles. The fourth-order valence-electron chi connectivity index (χ4n) is 1.34. The van der Waals surface area contributed by atoms with Crippen molar-refractivity contribution in [1.29, 1.82) is 10.5 Å². The van der Waals surface area contributed by atoms with Crippen LogP contribution in [0.2, 0.25) is 0 Å². The highest BCUT2D eigenvalue weighted by molar-refractivity contribution is 5.36. The molecule has 0 amide bonds. The predicted molar refractivity (Wildman–Crippen MR) is 51.8 cm³/mol. The molecule has 0 aliphatic rings. The van der Waals surface area contributed by atoms with E-state index in [-0.39, 0.29) is 11.4 Å². The third kappa shape index (κ3) is 1.62. The van der Waals surface area contributed by atoms with Crippen LogP contribution in [-0.4, -0.2) is 24.5 Å². The maximum atomic E-state index is 8.90. The van der Waals surface area contributed by atoms with Crippen molar-refractivity contribution >= 4 is 0 Å². The molecular weight excluding hydrogens is 206 g/mol. The SMILES string of the molecule is Cn1cc(Cn2cnc(C#N)c2C#N)nn1. The number of hydrogen-bond donors (Lipinski definition) is 0. The van der Waals surface area contributed by atoms with Crippen LogP contribution >= 0.6 is 0 Å². The first-order chi connectivity index (χ1) is 7.74. The van der Waals surface area contributed by atoms with E-state index in [1.54, 1.807) is 22.5 Å². The van der Waals surface area contributed by atoms with Gasteiger partial charge in [-0.1, -0.05) is 5.21 Å². The third-order valence-electron chi connectivity index (χ3n) is 2.03. The smallest absolute Gasteiger partial charge is 0.176 e. The van der Waals surface area contributed by atoms with E-state index in [2.05, 4.69) is 15.3 Å². The zero-order valence-corrected chi connectivity index (χ0v) is 8.49. The van der Waals surface area contributed by atoms with Crippen molar-refractivity contribution in [1.82, 2.24) is 24.5 Å². The molecule has 2 heterocycles. The molecule has 2 aromatic heterocycles. The van der Waals surface area contributed by atoms with Crippen molar-refractivity contribution < 1.29 is 0 Å². The lowest BCUT2D eigenvalue weighted by atomic mass is 10.3. The first-order valence-electron chi connectivity index (χ1n) is 4.45. The van der Waals surface area contributed by atoms with Crippen LogP contribution < -0.4 is 0 Å². The molecule has 0 saturated carbocycles. The molecule has 78 valence electrons. The molecule has 0 spiro atoms. The van der Waals surface area contributed by atoms with Gasteiger partial charge in [-0.2, -0.15) is 10.5 Å². The number of rotatable bonds is 2. The summed E-state index contributed by atoms with van der Waals surface area (Å²) in [4.78, 5) is 3.83. The van der Waals surface area contributed by atoms with Crippen molar-refractivity contribution in [3.05, 3.63) is 29.6 Å². The normalized spacial score (nSPS) is 9.69. The van der Waals surface area contributed by atoms with Crippen LogP contribution in [0.5, 0.6) is 0 Å². The predicted octanol–water partition coefficient (Wildman–Crippen LogP) is -0.197. The van der Waals surface area contributed by atoms with Crippen LogP contribution in [0.1, 0.15) is 17.1 Å². The van der Waals surface area contributed by atoms with Crippen LogP contribution in [0.25, 0.3) is 0 Å². The second kappa shape index (κ2) is 3.83. The Hall–Kier alpha value is -2.67. The van der Waals surface area contributed by atoms with E-state index in [9.17, 15) is 0 Å². The van der Waals surface area contributed by atoms with Crippen molar-refractivity contribution in [2.45, 2.75) is 6.54 Å². The Morgan fingerprint density at radius 2 is 2.19 bits per heavy atom. The standard InChI is InChI=1S/C9H7N7/c1-15-4-7(13-14-15)5-16-6-12-8(2-10)9(16)3-11/h4,6H,5H2,1H3. The molecule has 7 nitrogen and oxygen atoms in total. The summed E-state index contributed by atoms with van der Waals surface area (Å²) >= 11 is 0. The minimum absolute atomic E-state index is 0.131. The minimum atomic E-state index is 0.131. The van der Waals surface area contributed by atoms with E-state index in [4.69, 9.17) is 10.5 Å². The molecule has 2 aromatic rings. The Balaban J connectivity index is 2.33. The number of imidazole rings is 1. The molecule has 0 N–H and O–H groups in total.